The van der Waals surface area contributed by atoms with Gasteiger partial charge in [0, 0.05) is 12.3 Å². The average Bonchev–Trinajstić information content (AvgIpc) is 3.19. The first-order valence-corrected chi connectivity index (χ1v) is 12.4. The van der Waals surface area contributed by atoms with Crippen molar-refractivity contribution >= 4 is 18.0 Å². The summed E-state index contributed by atoms with van der Waals surface area (Å²) >= 11 is 0. The number of fused-ring (bicyclic) bond motifs is 3. The number of benzene rings is 3. The second-order valence-electron chi connectivity index (χ2n) is 10.1. The third-order valence-electron chi connectivity index (χ3n) is 6.05. The lowest BCUT2D eigenvalue weighted by Crippen LogP contribution is -2.44. The molecule has 198 valence electrons. The molecule has 0 saturated carbocycles. The van der Waals surface area contributed by atoms with E-state index < -0.39 is 30.7 Å². The van der Waals surface area contributed by atoms with Crippen molar-refractivity contribution in [1.29, 1.82) is 0 Å². The SMILES string of the molecule is CC(C)(C)Oc1ccc(C[C@H](NC(=O)OCC2c3ccccc3-c3ccccc32)C(=O)OCC(=O)O)cc1. The molecular weight excluding hydrogens is 486 g/mol. The topological polar surface area (TPSA) is 111 Å². The number of aliphatic carboxylic acids is 1. The molecule has 3 aromatic rings. The van der Waals surface area contributed by atoms with E-state index in [2.05, 4.69) is 5.32 Å². The summed E-state index contributed by atoms with van der Waals surface area (Å²) in [5.74, 6) is -1.63. The molecule has 0 bridgehead atoms. The Morgan fingerprint density at radius 3 is 2.00 bits per heavy atom. The molecule has 0 aromatic heterocycles. The van der Waals surface area contributed by atoms with Crippen molar-refractivity contribution in [3.8, 4) is 16.9 Å². The highest BCUT2D eigenvalue weighted by molar-refractivity contribution is 5.83. The van der Waals surface area contributed by atoms with E-state index in [1.807, 2.05) is 69.3 Å². The maximum absolute atomic E-state index is 12.8. The minimum absolute atomic E-state index is 0.0790. The first kappa shape index (κ1) is 26.7. The van der Waals surface area contributed by atoms with E-state index in [4.69, 9.17) is 19.3 Å². The number of ether oxygens (including phenoxy) is 3. The van der Waals surface area contributed by atoms with Crippen molar-refractivity contribution in [3.63, 3.8) is 0 Å². The van der Waals surface area contributed by atoms with E-state index in [-0.39, 0.29) is 24.5 Å². The van der Waals surface area contributed by atoms with Crippen LogP contribution in [0.2, 0.25) is 0 Å². The second-order valence-corrected chi connectivity index (χ2v) is 10.1. The van der Waals surface area contributed by atoms with Crippen LogP contribution in [0.4, 0.5) is 4.79 Å². The summed E-state index contributed by atoms with van der Waals surface area (Å²) in [5.41, 5.74) is 4.70. The first-order valence-electron chi connectivity index (χ1n) is 12.4. The fourth-order valence-corrected chi connectivity index (χ4v) is 4.49. The third kappa shape index (κ3) is 6.70. The molecule has 0 heterocycles. The number of esters is 1. The van der Waals surface area contributed by atoms with E-state index in [9.17, 15) is 14.4 Å². The van der Waals surface area contributed by atoms with Crippen molar-refractivity contribution < 1.29 is 33.7 Å². The first-order chi connectivity index (χ1) is 18.1. The van der Waals surface area contributed by atoms with Gasteiger partial charge >= 0.3 is 18.0 Å². The zero-order valence-corrected chi connectivity index (χ0v) is 21.6. The number of hydrogen-bond donors (Lipinski definition) is 2. The molecule has 2 N–H and O–H groups in total. The molecule has 1 aliphatic carbocycles. The lowest BCUT2D eigenvalue weighted by molar-refractivity contribution is -0.156. The molecule has 0 unspecified atom stereocenters. The van der Waals surface area contributed by atoms with Crippen LogP contribution in [0.5, 0.6) is 5.75 Å². The van der Waals surface area contributed by atoms with Gasteiger partial charge in [0.05, 0.1) is 0 Å². The van der Waals surface area contributed by atoms with Crippen LogP contribution in [-0.2, 0) is 25.5 Å². The Kier molecular flexibility index (Phi) is 8.00. The van der Waals surface area contributed by atoms with Gasteiger partial charge in [-0.15, -0.1) is 0 Å². The van der Waals surface area contributed by atoms with Gasteiger partial charge in [0.15, 0.2) is 6.61 Å². The van der Waals surface area contributed by atoms with Gasteiger partial charge in [0.25, 0.3) is 0 Å². The summed E-state index contributed by atoms with van der Waals surface area (Å²) in [5, 5.41) is 11.5. The molecule has 0 spiro atoms. The lowest BCUT2D eigenvalue weighted by Gasteiger charge is -2.22. The van der Waals surface area contributed by atoms with Gasteiger partial charge < -0.3 is 24.6 Å². The summed E-state index contributed by atoms with van der Waals surface area (Å²) in [6, 6.07) is 21.9. The van der Waals surface area contributed by atoms with E-state index >= 15 is 0 Å². The van der Waals surface area contributed by atoms with Crippen molar-refractivity contribution in [2.24, 2.45) is 0 Å². The predicted octanol–water partition coefficient (Wildman–Crippen LogP) is 4.94. The second kappa shape index (κ2) is 11.4. The maximum Gasteiger partial charge on any atom is 0.407 e. The van der Waals surface area contributed by atoms with Gasteiger partial charge in [-0.3, -0.25) is 0 Å². The molecule has 0 fully saturated rings. The molecule has 0 aliphatic heterocycles. The molecule has 38 heavy (non-hydrogen) atoms. The largest absolute Gasteiger partial charge is 0.488 e. The highest BCUT2D eigenvalue weighted by Gasteiger charge is 2.30. The number of carboxylic acids is 1. The van der Waals surface area contributed by atoms with Gasteiger partial charge in [-0.25, -0.2) is 14.4 Å². The molecule has 8 heteroatoms. The number of amides is 1. The molecule has 1 aliphatic rings. The quantitative estimate of drug-likeness (QED) is 0.387. The molecular formula is C30H31NO7. The number of carboxylic acid groups (broad SMARTS) is 1. The van der Waals surface area contributed by atoms with Crippen LogP contribution < -0.4 is 10.1 Å². The Bertz CT molecular complexity index is 1270. The molecule has 0 radical (unpaired) electrons. The van der Waals surface area contributed by atoms with Crippen molar-refractivity contribution in [2.45, 2.75) is 44.8 Å². The van der Waals surface area contributed by atoms with E-state index in [1.165, 1.54) is 0 Å². The Morgan fingerprint density at radius 2 is 1.45 bits per heavy atom. The summed E-state index contributed by atoms with van der Waals surface area (Å²) in [4.78, 5) is 36.4. The zero-order chi connectivity index (χ0) is 27.3. The fraction of sp³-hybridized carbons (Fsp3) is 0.300. The number of carbonyl (C=O) groups excluding carboxylic acids is 2. The molecule has 0 saturated heterocycles. The van der Waals surface area contributed by atoms with Crippen LogP contribution >= 0.6 is 0 Å². The van der Waals surface area contributed by atoms with Crippen LogP contribution in [0.1, 0.15) is 43.4 Å². The van der Waals surface area contributed by atoms with Crippen molar-refractivity contribution in [3.05, 3.63) is 89.5 Å². The van der Waals surface area contributed by atoms with Gasteiger partial charge in [0.2, 0.25) is 0 Å². The van der Waals surface area contributed by atoms with Crippen LogP contribution in [0.25, 0.3) is 11.1 Å². The zero-order valence-electron chi connectivity index (χ0n) is 21.6. The Labute approximate surface area is 221 Å². The van der Waals surface area contributed by atoms with Gasteiger partial charge in [0.1, 0.15) is 24.0 Å². The summed E-state index contributed by atoms with van der Waals surface area (Å²) in [7, 11) is 0. The van der Waals surface area contributed by atoms with E-state index in [1.54, 1.807) is 24.3 Å². The number of carbonyl (C=O) groups is 3. The van der Waals surface area contributed by atoms with Gasteiger partial charge in [-0.1, -0.05) is 60.7 Å². The smallest absolute Gasteiger partial charge is 0.407 e. The monoisotopic (exact) mass is 517 g/mol. The highest BCUT2D eigenvalue weighted by atomic mass is 16.6. The Balaban J connectivity index is 1.43. The minimum Gasteiger partial charge on any atom is -0.488 e. The third-order valence-corrected chi connectivity index (χ3v) is 6.05. The molecule has 1 atom stereocenters. The predicted molar refractivity (Wildman–Crippen MR) is 141 cm³/mol. The van der Waals surface area contributed by atoms with Crippen molar-refractivity contribution in [1.82, 2.24) is 5.32 Å². The fourth-order valence-electron chi connectivity index (χ4n) is 4.49. The van der Waals surface area contributed by atoms with Gasteiger partial charge in [-0.2, -0.15) is 0 Å². The van der Waals surface area contributed by atoms with Crippen molar-refractivity contribution in [2.75, 3.05) is 13.2 Å². The van der Waals surface area contributed by atoms with Crippen LogP contribution in [0.3, 0.4) is 0 Å². The average molecular weight is 518 g/mol. The Hall–Kier alpha value is -4.33. The molecule has 4 rings (SSSR count). The summed E-state index contributed by atoms with van der Waals surface area (Å²) < 4.78 is 16.3. The molecule has 8 nitrogen and oxygen atoms in total. The number of hydrogen-bond acceptors (Lipinski definition) is 6. The van der Waals surface area contributed by atoms with E-state index in [0.717, 1.165) is 27.8 Å². The number of alkyl carbamates (subject to hydrolysis) is 1. The number of nitrogens with one attached hydrogen (secondary N) is 1. The maximum atomic E-state index is 12.8. The summed E-state index contributed by atoms with van der Waals surface area (Å²) in [6.07, 6.45) is -0.713. The highest BCUT2D eigenvalue weighted by Crippen LogP contribution is 2.44. The minimum atomic E-state index is -1.29. The van der Waals surface area contributed by atoms with Crippen LogP contribution in [0, 0.1) is 0 Å². The summed E-state index contributed by atoms with van der Waals surface area (Å²) in [6.45, 7) is 5.09. The molecule has 1 amide bonds. The normalized spacial score (nSPS) is 13.1. The standard InChI is InChI=1S/C30H31NO7/c1-30(2,3)38-20-14-12-19(13-15-20)16-26(28(34)36-18-27(32)33)31-29(35)37-17-25-23-10-6-4-8-21(23)22-9-5-7-11-24(22)25/h4-15,25-26H,16-18H2,1-3H3,(H,31,35)(H,32,33)/t26-/m0/s1. The lowest BCUT2D eigenvalue weighted by atomic mass is 9.98. The van der Waals surface area contributed by atoms with Gasteiger partial charge in [-0.05, 0) is 60.7 Å². The number of rotatable bonds is 9. The Morgan fingerprint density at radius 1 is 0.868 bits per heavy atom. The van der Waals surface area contributed by atoms with E-state index in [0.29, 0.717) is 5.75 Å². The van der Waals surface area contributed by atoms with Crippen LogP contribution in [-0.4, -0.2) is 48.0 Å². The molecule has 3 aromatic carbocycles. The van der Waals surface area contributed by atoms with Crippen LogP contribution in [0.15, 0.2) is 72.8 Å².